The van der Waals surface area contributed by atoms with Crippen molar-refractivity contribution >= 4 is 16.0 Å². The molecule has 0 aliphatic heterocycles. The Labute approximate surface area is 141 Å². The van der Waals surface area contributed by atoms with E-state index in [0.29, 0.717) is 6.42 Å². The van der Waals surface area contributed by atoms with Gasteiger partial charge < -0.3 is 9.52 Å². The van der Waals surface area contributed by atoms with Gasteiger partial charge in [-0.15, -0.1) is 0 Å². The van der Waals surface area contributed by atoms with Crippen LogP contribution in [-0.4, -0.2) is 25.5 Å². The maximum Gasteiger partial charge on any atom is 0.340 e. The molecule has 1 unspecified atom stereocenters. The van der Waals surface area contributed by atoms with E-state index >= 15 is 0 Å². The van der Waals surface area contributed by atoms with E-state index in [4.69, 9.17) is 4.42 Å². The van der Waals surface area contributed by atoms with Crippen molar-refractivity contribution in [1.29, 1.82) is 0 Å². The number of aromatic carboxylic acids is 1. The maximum atomic E-state index is 12.6. The van der Waals surface area contributed by atoms with E-state index in [1.807, 2.05) is 30.3 Å². The number of furan rings is 1. The molecule has 6 nitrogen and oxygen atoms in total. The molecular formula is C17H21NO5S. The third kappa shape index (κ3) is 4.04. The van der Waals surface area contributed by atoms with Gasteiger partial charge in [-0.1, -0.05) is 30.3 Å². The van der Waals surface area contributed by atoms with E-state index in [1.54, 1.807) is 6.92 Å². The smallest absolute Gasteiger partial charge is 0.340 e. The minimum absolute atomic E-state index is 0.0765. The summed E-state index contributed by atoms with van der Waals surface area (Å²) in [6.07, 6.45) is 1.32. The van der Waals surface area contributed by atoms with Gasteiger partial charge in [0.1, 0.15) is 22.0 Å². The van der Waals surface area contributed by atoms with E-state index in [-0.39, 0.29) is 28.0 Å². The van der Waals surface area contributed by atoms with Crippen LogP contribution in [0.3, 0.4) is 0 Å². The normalized spacial score (nSPS) is 13.0. The van der Waals surface area contributed by atoms with Crippen LogP contribution in [0.25, 0.3) is 0 Å². The summed E-state index contributed by atoms with van der Waals surface area (Å²) in [4.78, 5) is 11.1. The minimum Gasteiger partial charge on any atom is -0.478 e. The molecule has 0 fully saturated rings. The lowest BCUT2D eigenvalue weighted by Crippen LogP contribution is -2.34. The molecule has 1 aromatic carbocycles. The van der Waals surface area contributed by atoms with Crippen LogP contribution in [-0.2, 0) is 16.4 Å². The zero-order valence-corrected chi connectivity index (χ0v) is 14.7. The first-order chi connectivity index (χ1) is 11.2. The Hall–Kier alpha value is -2.12. The van der Waals surface area contributed by atoms with Gasteiger partial charge in [-0.3, -0.25) is 0 Å². The van der Waals surface area contributed by atoms with Crippen molar-refractivity contribution in [2.75, 3.05) is 0 Å². The highest BCUT2D eigenvalue weighted by atomic mass is 32.2. The lowest BCUT2D eigenvalue weighted by molar-refractivity contribution is 0.0691. The molecule has 0 spiro atoms. The number of carboxylic acids is 1. The van der Waals surface area contributed by atoms with E-state index in [9.17, 15) is 18.3 Å². The van der Waals surface area contributed by atoms with E-state index in [1.165, 1.54) is 13.8 Å². The first-order valence-corrected chi connectivity index (χ1v) is 9.10. The highest BCUT2D eigenvalue weighted by molar-refractivity contribution is 7.89. The van der Waals surface area contributed by atoms with Crippen molar-refractivity contribution in [2.24, 2.45) is 0 Å². The number of rotatable bonds is 7. The first kappa shape index (κ1) is 18.2. The SMILES string of the molecule is Cc1oc(C)c(S(=O)(=O)NC(C)CCc2ccccc2)c1C(=O)O. The fraction of sp³-hybridized carbons (Fsp3) is 0.353. The van der Waals surface area contributed by atoms with Crippen LogP contribution < -0.4 is 4.72 Å². The summed E-state index contributed by atoms with van der Waals surface area (Å²) < 4.78 is 32.9. The van der Waals surface area contributed by atoms with Gasteiger partial charge in [0.15, 0.2) is 0 Å². The van der Waals surface area contributed by atoms with Gasteiger partial charge in [0.05, 0.1) is 0 Å². The molecule has 130 valence electrons. The van der Waals surface area contributed by atoms with Crippen LogP contribution in [0.15, 0.2) is 39.6 Å². The van der Waals surface area contributed by atoms with E-state index in [2.05, 4.69) is 4.72 Å². The fourth-order valence-corrected chi connectivity index (χ4v) is 4.33. The molecule has 2 rings (SSSR count). The highest BCUT2D eigenvalue weighted by Gasteiger charge is 2.31. The fourth-order valence-electron chi connectivity index (χ4n) is 2.64. The molecule has 24 heavy (non-hydrogen) atoms. The second kappa shape index (κ2) is 7.19. The van der Waals surface area contributed by atoms with Gasteiger partial charge in [0, 0.05) is 6.04 Å². The number of aryl methyl sites for hydroxylation is 3. The third-order valence-electron chi connectivity index (χ3n) is 3.75. The summed E-state index contributed by atoms with van der Waals surface area (Å²) in [5, 5.41) is 9.26. The van der Waals surface area contributed by atoms with Crippen molar-refractivity contribution in [2.45, 2.75) is 44.6 Å². The summed E-state index contributed by atoms with van der Waals surface area (Å²) in [5.41, 5.74) is 0.806. The molecule has 0 saturated carbocycles. The molecule has 1 atom stereocenters. The van der Waals surface area contributed by atoms with Gasteiger partial charge in [0.2, 0.25) is 10.0 Å². The van der Waals surface area contributed by atoms with E-state index < -0.39 is 16.0 Å². The molecule has 7 heteroatoms. The Kier molecular flexibility index (Phi) is 5.46. The van der Waals surface area contributed by atoms with Gasteiger partial charge in [-0.25, -0.2) is 17.9 Å². The Morgan fingerprint density at radius 3 is 2.42 bits per heavy atom. The van der Waals surface area contributed by atoms with Gasteiger partial charge >= 0.3 is 5.97 Å². The zero-order valence-electron chi connectivity index (χ0n) is 13.9. The third-order valence-corrected chi connectivity index (χ3v) is 5.49. The molecular weight excluding hydrogens is 330 g/mol. The predicted molar refractivity (Wildman–Crippen MR) is 89.7 cm³/mol. The number of carbonyl (C=O) groups is 1. The van der Waals surface area contributed by atoms with Crippen molar-refractivity contribution in [3.05, 3.63) is 53.0 Å². The number of hydrogen-bond donors (Lipinski definition) is 2. The molecule has 0 radical (unpaired) electrons. The van der Waals surface area contributed by atoms with Crippen LogP contribution >= 0.6 is 0 Å². The Balaban J connectivity index is 2.15. The summed E-state index contributed by atoms with van der Waals surface area (Å²) >= 11 is 0. The number of hydrogen-bond acceptors (Lipinski definition) is 4. The molecule has 0 bridgehead atoms. The van der Waals surface area contributed by atoms with Gasteiger partial charge in [0.25, 0.3) is 0 Å². The van der Waals surface area contributed by atoms with Gasteiger partial charge in [-0.2, -0.15) is 0 Å². The Bertz CT molecular complexity index is 824. The average molecular weight is 351 g/mol. The lowest BCUT2D eigenvalue weighted by Gasteiger charge is -2.14. The summed E-state index contributed by atoms with van der Waals surface area (Å²) in [6.45, 7) is 4.64. The zero-order chi connectivity index (χ0) is 17.9. The molecule has 0 amide bonds. The average Bonchev–Trinajstić information content (AvgIpc) is 2.81. The standard InChI is InChI=1S/C17H21NO5S/c1-11(9-10-14-7-5-4-6-8-14)18-24(21,22)16-13(3)23-12(2)15(16)17(19)20/h4-8,11,18H,9-10H2,1-3H3,(H,19,20). The topological polar surface area (TPSA) is 96.6 Å². The monoisotopic (exact) mass is 351 g/mol. The van der Waals surface area contributed by atoms with E-state index in [0.717, 1.165) is 12.0 Å². The molecule has 2 N–H and O–H groups in total. The van der Waals surface area contributed by atoms with Crippen molar-refractivity contribution in [3.8, 4) is 0 Å². The minimum atomic E-state index is -3.97. The highest BCUT2D eigenvalue weighted by Crippen LogP contribution is 2.26. The van der Waals surface area contributed by atoms with Crippen LogP contribution in [0.5, 0.6) is 0 Å². The maximum absolute atomic E-state index is 12.6. The first-order valence-electron chi connectivity index (χ1n) is 7.62. The molecule has 1 heterocycles. The van der Waals surface area contributed by atoms with Crippen LogP contribution in [0.4, 0.5) is 0 Å². The van der Waals surface area contributed by atoms with Crippen LogP contribution in [0.1, 0.15) is 40.8 Å². The lowest BCUT2D eigenvalue weighted by atomic mass is 10.1. The molecule has 0 aliphatic rings. The quantitative estimate of drug-likeness (QED) is 0.799. The molecule has 2 aromatic rings. The number of nitrogens with one attached hydrogen (secondary N) is 1. The van der Waals surface area contributed by atoms with Crippen molar-refractivity contribution < 1.29 is 22.7 Å². The predicted octanol–water partition coefficient (Wildman–Crippen LogP) is 2.89. The van der Waals surface area contributed by atoms with Crippen molar-refractivity contribution in [3.63, 3.8) is 0 Å². The molecule has 1 aromatic heterocycles. The number of benzene rings is 1. The number of carboxylic acid groups (broad SMARTS) is 1. The Morgan fingerprint density at radius 2 is 1.83 bits per heavy atom. The molecule has 0 saturated heterocycles. The Morgan fingerprint density at radius 1 is 1.21 bits per heavy atom. The summed E-state index contributed by atoms with van der Waals surface area (Å²) in [5.74, 6) is -1.16. The second-order valence-electron chi connectivity index (χ2n) is 5.77. The largest absolute Gasteiger partial charge is 0.478 e. The molecule has 0 aliphatic carbocycles. The van der Waals surface area contributed by atoms with Gasteiger partial charge in [-0.05, 0) is 39.2 Å². The second-order valence-corrected chi connectivity index (χ2v) is 7.42. The number of sulfonamides is 1. The summed E-state index contributed by atoms with van der Waals surface area (Å²) in [7, 11) is -3.97. The summed E-state index contributed by atoms with van der Waals surface area (Å²) in [6, 6.07) is 9.40. The van der Waals surface area contributed by atoms with Crippen LogP contribution in [0.2, 0.25) is 0 Å². The van der Waals surface area contributed by atoms with Crippen LogP contribution in [0, 0.1) is 13.8 Å². The van der Waals surface area contributed by atoms with Crippen molar-refractivity contribution in [1.82, 2.24) is 4.72 Å².